The average molecular weight is 405 g/mol. The fourth-order valence-electron chi connectivity index (χ4n) is 3.13. The molecular weight excluding hydrogens is 388 g/mol. The number of aryl methyl sites for hydroxylation is 1. The first kappa shape index (κ1) is 18.8. The second-order valence-corrected chi connectivity index (χ2v) is 10.1. The van der Waals surface area contributed by atoms with Gasteiger partial charge in [0.15, 0.2) is 9.84 Å². The Labute approximate surface area is 150 Å². The largest absolute Gasteiger partial charge is 0.277 e. The third kappa shape index (κ3) is 3.45. The summed E-state index contributed by atoms with van der Waals surface area (Å²) in [6.45, 7) is 2.99. The zero-order valence-corrected chi connectivity index (χ0v) is 15.7. The molecule has 0 unspecified atom stereocenters. The Kier molecular flexibility index (Phi) is 4.55. The molecule has 1 saturated heterocycles. The van der Waals surface area contributed by atoms with E-state index in [0.29, 0.717) is 12.5 Å². The summed E-state index contributed by atoms with van der Waals surface area (Å²) in [4.78, 5) is -0.148. The maximum Gasteiger partial charge on any atom is 0.265 e. The van der Waals surface area contributed by atoms with Crippen LogP contribution in [-0.2, 0) is 19.9 Å². The maximum atomic E-state index is 13.8. The zero-order valence-electron chi connectivity index (χ0n) is 14.0. The van der Waals surface area contributed by atoms with Gasteiger partial charge in [-0.3, -0.25) is 9.40 Å². The SMILES string of the molecule is Cc1nn([C@@H]2CCS(=O)(=O)C2)c(C)c1S(=O)(=O)Nc1ccc(F)cc1F. The molecule has 1 aromatic heterocycles. The van der Waals surface area contributed by atoms with Crippen molar-refractivity contribution in [1.29, 1.82) is 0 Å². The summed E-state index contributed by atoms with van der Waals surface area (Å²) in [7, 11) is -7.36. The summed E-state index contributed by atoms with van der Waals surface area (Å²) in [5.74, 6) is -1.95. The van der Waals surface area contributed by atoms with Gasteiger partial charge in [0.2, 0.25) is 0 Å². The summed E-state index contributed by atoms with van der Waals surface area (Å²) in [6.07, 6.45) is 0.351. The van der Waals surface area contributed by atoms with Gasteiger partial charge in [-0.15, -0.1) is 0 Å². The van der Waals surface area contributed by atoms with E-state index in [1.165, 1.54) is 18.5 Å². The van der Waals surface area contributed by atoms with Gasteiger partial charge in [0.25, 0.3) is 10.0 Å². The van der Waals surface area contributed by atoms with Crippen LogP contribution in [0.2, 0.25) is 0 Å². The lowest BCUT2D eigenvalue weighted by molar-refractivity contribution is 0.484. The number of anilines is 1. The Hall–Kier alpha value is -2.01. The summed E-state index contributed by atoms with van der Waals surface area (Å²) in [5, 5.41) is 4.18. The minimum atomic E-state index is -4.19. The van der Waals surface area contributed by atoms with Gasteiger partial charge in [-0.05, 0) is 32.4 Å². The number of aromatic nitrogens is 2. The summed E-state index contributed by atoms with van der Waals surface area (Å²) in [6, 6.07) is 2.06. The van der Waals surface area contributed by atoms with E-state index < -0.39 is 37.5 Å². The number of sulfone groups is 1. The average Bonchev–Trinajstić information content (AvgIpc) is 3.01. The topological polar surface area (TPSA) is 98.1 Å². The van der Waals surface area contributed by atoms with Gasteiger partial charge in [-0.2, -0.15) is 5.10 Å². The Morgan fingerprint density at radius 1 is 1.27 bits per heavy atom. The molecule has 0 radical (unpaired) electrons. The molecule has 142 valence electrons. The van der Waals surface area contributed by atoms with Gasteiger partial charge in [0.05, 0.1) is 34.6 Å². The number of sulfonamides is 1. The minimum Gasteiger partial charge on any atom is -0.277 e. The molecule has 1 N–H and O–H groups in total. The van der Waals surface area contributed by atoms with Gasteiger partial charge in [0.1, 0.15) is 16.5 Å². The third-order valence-electron chi connectivity index (χ3n) is 4.26. The molecule has 0 bridgehead atoms. The molecule has 26 heavy (non-hydrogen) atoms. The van der Waals surface area contributed by atoms with Crippen molar-refractivity contribution < 1.29 is 25.6 Å². The van der Waals surface area contributed by atoms with Gasteiger partial charge in [-0.1, -0.05) is 0 Å². The monoisotopic (exact) mass is 405 g/mol. The Balaban J connectivity index is 1.98. The molecule has 0 saturated carbocycles. The fraction of sp³-hybridized carbons (Fsp3) is 0.400. The van der Waals surface area contributed by atoms with E-state index in [9.17, 15) is 25.6 Å². The molecule has 3 rings (SSSR count). The van der Waals surface area contributed by atoms with E-state index in [0.717, 1.165) is 12.1 Å². The van der Waals surface area contributed by atoms with E-state index in [-0.39, 0.29) is 33.5 Å². The van der Waals surface area contributed by atoms with Gasteiger partial charge < -0.3 is 0 Å². The van der Waals surface area contributed by atoms with Crippen molar-refractivity contribution in [3.63, 3.8) is 0 Å². The normalized spacial score (nSPS) is 19.6. The second-order valence-electron chi connectivity index (χ2n) is 6.23. The molecule has 7 nitrogen and oxygen atoms in total. The van der Waals surface area contributed by atoms with Crippen molar-refractivity contribution >= 4 is 25.5 Å². The highest BCUT2D eigenvalue weighted by Gasteiger charge is 2.34. The van der Waals surface area contributed by atoms with Crippen LogP contribution >= 0.6 is 0 Å². The molecule has 11 heteroatoms. The lowest BCUT2D eigenvalue weighted by Gasteiger charge is -2.12. The summed E-state index contributed by atoms with van der Waals surface area (Å²) < 4.78 is 79.0. The molecule has 2 heterocycles. The van der Waals surface area contributed by atoms with Crippen molar-refractivity contribution in [1.82, 2.24) is 9.78 Å². The summed E-state index contributed by atoms with van der Waals surface area (Å²) >= 11 is 0. The van der Waals surface area contributed by atoms with Gasteiger partial charge in [0, 0.05) is 6.07 Å². The number of hydrogen-bond acceptors (Lipinski definition) is 5. The van der Waals surface area contributed by atoms with E-state index in [1.54, 1.807) is 0 Å². The number of rotatable bonds is 4. The highest BCUT2D eigenvalue weighted by Crippen LogP contribution is 2.30. The molecule has 1 fully saturated rings. The van der Waals surface area contributed by atoms with Crippen molar-refractivity contribution in [3.8, 4) is 0 Å². The lowest BCUT2D eigenvalue weighted by atomic mass is 10.2. The molecule has 2 aromatic rings. The molecule has 1 aromatic carbocycles. The minimum absolute atomic E-state index is 0.0249. The molecule has 0 aliphatic carbocycles. The zero-order chi connectivity index (χ0) is 19.3. The fourth-order valence-corrected chi connectivity index (χ4v) is 6.29. The second kappa shape index (κ2) is 6.31. The van der Waals surface area contributed by atoms with Crippen molar-refractivity contribution in [2.75, 3.05) is 16.2 Å². The Morgan fingerprint density at radius 3 is 2.54 bits per heavy atom. The van der Waals surface area contributed by atoms with Crippen molar-refractivity contribution in [2.45, 2.75) is 31.2 Å². The predicted octanol–water partition coefficient (Wildman–Crippen LogP) is 1.94. The first-order chi connectivity index (χ1) is 12.0. The molecular formula is C15H17F2N3O4S2. The number of halogens is 2. The van der Waals surface area contributed by atoms with Crippen LogP contribution in [-0.4, -0.2) is 38.1 Å². The molecule has 1 aliphatic heterocycles. The van der Waals surface area contributed by atoms with Crippen LogP contribution < -0.4 is 4.72 Å². The molecule has 0 amide bonds. The quantitative estimate of drug-likeness (QED) is 0.838. The molecule has 1 atom stereocenters. The van der Waals surface area contributed by atoms with Crippen LogP contribution in [0.4, 0.5) is 14.5 Å². The van der Waals surface area contributed by atoms with E-state index in [1.807, 2.05) is 0 Å². The Bertz CT molecular complexity index is 1080. The predicted molar refractivity (Wildman–Crippen MR) is 91.2 cm³/mol. The van der Waals surface area contributed by atoms with Crippen molar-refractivity contribution in [2.24, 2.45) is 0 Å². The molecule has 1 aliphatic rings. The van der Waals surface area contributed by atoms with Crippen LogP contribution in [0.25, 0.3) is 0 Å². The third-order valence-corrected chi connectivity index (χ3v) is 7.62. The summed E-state index contributed by atoms with van der Waals surface area (Å²) in [5.41, 5.74) is 0.0443. The number of nitrogens with one attached hydrogen (secondary N) is 1. The number of benzene rings is 1. The Morgan fingerprint density at radius 2 is 1.96 bits per heavy atom. The van der Waals surface area contributed by atoms with Crippen LogP contribution in [0, 0.1) is 25.5 Å². The van der Waals surface area contributed by atoms with Gasteiger partial charge in [-0.25, -0.2) is 25.6 Å². The maximum absolute atomic E-state index is 13.8. The van der Waals surface area contributed by atoms with E-state index in [2.05, 4.69) is 9.82 Å². The van der Waals surface area contributed by atoms with Gasteiger partial charge >= 0.3 is 0 Å². The van der Waals surface area contributed by atoms with Crippen molar-refractivity contribution in [3.05, 3.63) is 41.2 Å². The highest BCUT2D eigenvalue weighted by molar-refractivity contribution is 7.92. The van der Waals surface area contributed by atoms with Crippen LogP contribution in [0.3, 0.4) is 0 Å². The van der Waals surface area contributed by atoms with E-state index in [4.69, 9.17) is 0 Å². The van der Waals surface area contributed by atoms with E-state index >= 15 is 0 Å². The smallest absolute Gasteiger partial charge is 0.265 e. The number of nitrogens with zero attached hydrogens (tertiary/aromatic N) is 2. The van der Waals surface area contributed by atoms with Crippen LogP contribution in [0.1, 0.15) is 23.9 Å². The van der Waals surface area contributed by atoms with Crippen LogP contribution in [0.15, 0.2) is 23.1 Å². The van der Waals surface area contributed by atoms with Crippen LogP contribution in [0.5, 0.6) is 0 Å². The highest BCUT2D eigenvalue weighted by atomic mass is 32.2. The standard InChI is InChI=1S/C15H17F2N3O4S2/c1-9-15(10(2)20(18-9)12-5-6-25(21,22)8-12)26(23,24)19-14-4-3-11(16)7-13(14)17/h3-4,7,12,19H,5-6,8H2,1-2H3/t12-/m1/s1. The number of hydrogen-bond donors (Lipinski definition) is 1. The lowest BCUT2D eigenvalue weighted by Crippen LogP contribution is -2.17. The molecule has 0 spiro atoms. The first-order valence-corrected chi connectivity index (χ1v) is 11.0. The first-order valence-electron chi connectivity index (χ1n) is 7.74.